The summed E-state index contributed by atoms with van der Waals surface area (Å²) in [5.41, 5.74) is 6.11. The third kappa shape index (κ3) is 4.03. The lowest BCUT2D eigenvalue weighted by atomic mass is 9.95. The van der Waals surface area contributed by atoms with E-state index in [9.17, 15) is 13.2 Å². The van der Waals surface area contributed by atoms with Gasteiger partial charge in [0.2, 0.25) is 15.9 Å². The van der Waals surface area contributed by atoms with Crippen LogP contribution in [-0.4, -0.2) is 38.3 Å². The standard InChI is InChI=1S/C16H24N2O4S/c1-12-8-9-14(22-2)15(10-12)23(20,21)18(11-16(17)19)13-6-4-3-5-7-13/h8-10,13H,3-7,11H2,1-2H3,(H2,17,19). The van der Waals surface area contributed by atoms with Crippen molar-refractivity contribution < 1.29 is 17.9 Å². The molecule has 1 aliphatic rings. The summed E-state index contributed by atoms with van der Waals surface area (Å²) in [4.78, 5) is 11.5. The zero-order chi connectivity index (χ0) is 17.0. The fourth-order valence-corrected chi connectivity index (χ4v) is 4.94. The van der Waals surface area contributed by atoms with Gasteiger partial charge in [0.25, 0.3) is 0 Å². The molecule has 1 aromatic rings. The molecule has 128 valence electrons. The summed E-state index contributed by atoms with van der Waals surface area (Å²) in [5.74, 6) is -0.369. The van der Waals surface area contributed by atoms with E-state index in [0.29, 0.717) is 0 Å². The number of amides is 1. The van der Waals surface area contributed by atoms with Crippen molar-refractivity contribution in [2.24, 2.45) is 5.73 Å². The van der Waals surface area contributed by atoms with Crippen LogP contribution in [0.1, 0.15) is 37.7 Å². The van der Waals surface area contributed by atoms with Gasteiger partial charge in [0.1, 0.15) is 10.6 Å². The number of aryl methyl sites for hydroxylation is 1. The van der Waals surface area contributed by atoms with Crippen LogP contribution in [0.15, 0.2) is 23.1 Å². The lowest BCUT2D eigenvalue weighted by molar-refractivity contribution is -0.118. The summed E-state index contributed by atoms with van der Waals surface area (Å²) in [7, 11) is -2.42. The van der Waals surface area contributed by atoms with E-state index in [-0.39, 0.29) is 23.2 Å². The highest BCUT2D eigenvalue weighted by molar-refractivity contribution is 7.89. The lowest BCUT2D eigenvalue weighted by Crippen LogP contribution is -2.46. The van der Waals surface area contributed by atoms with E-state index >= 15 is 0 Å². The molecule has 6 nitrogen and oxygen atoms in total. The van der Waals surface area contributed by atoms with Crippen LogP contribution in [0.4, 0.5) is 0 Å². The predicted molar refractivity (Wildman–Crippen MR) is 87.7 cm³/mol. The van der Waals surface area contributed by atoms with E-state index in [2.05, 4.69) is 0 Å². The van der Waals surface area contributed by atoms with Crippen LogP contribution in [0.3, 0.4) is 0 Å². The van der Waals surface area contributed by atoms with E-state index < -0.39 is 15.9 Å². The number of nitrogens with zero attached hydrogens (tertiary/aromatic N) is 1. The first-order chi connectivity index (χ1) is 10.9. The molecule has 23 heavy (non-hydrogen) atoms. The van der Waals surface area contributed by atoms with Gasteiger partial charge in [0.05, 0.1) is 13.7 Å². The van der Waals surface area contributed by atoms with Gasteiger partial charge in [-0.2, -0.15) is 4.31 Å². The maximum absolute atomic E-state index is 13.1. The van der Waals surface area contributed by atoms with Crippen molar-refractivity contribution in [1.29, 1.82) is 0 Å². The lowest BCUT2D eigenvalue weighted by Gasteiger charge is -2.33. The van der Waals surface area contributed by atoms with Gasteiger partial charge in [-0.15, -0.1) is 0 Å². The minimum atomic E-state index is -3.85. The van der Waals surface area contributed by atoms with Crippen molar-refractivity contribution in [3.8, 4) is 5.75 Å². The van der Waals surface area contributed by atoms with Crippen molar-refractivity contribution >= 4 is 15.9 Å². The van der Waals surface area contributed by atoms with Gasteiger partial charge in [0.15, 0.2) is 0 Å². The predicted octanol–water partition coefficient (Wildman–Crippen LogP) is 1.81. The Morgan fingerprint density at radius 3 is 2.52 bits per heavy atom. The van der Waals surface area contributed by atoms with E-state index in [0.717, 1.165) is 37.7 Å². The largest absolute Gasteiger partial charge is 0.495 e. The zero-order valence-electron chi connectivity index (χ0n) is 13.6. The molecule has 0 radical (unpaired) electrons. The summed E-state index contributed by atoms with van der Waals surface area (Å²) in [6, 6.07) is 4.81. The van der Waals surface area contributed by atoms with Crippen molar-refractivity contribution in [3.05, 3.63) is 23.8 Å². The van der Waals surface area contributed by atoms with Gasteiger partial charge in [-0.05, 0) is 37.5 Å². The number of ether oxygens (including phenoxy) is 1. The molecular weight excluding hydrogens is 316 g/mol. The summed E-state index contributed by atoms with van der Waals surface area (Å²) >= 11 is 0. The number of methoxy groups -OCH3 is 1. The quantitative estimate of drug-likeness (QED) is 0.855. The van der Waals surface area contributed by atoms with Crippen LogP contribution in [0.2, 0.25) is 0 Å². The number of nitrogens with two attached hydrogens (primary N) is 1. The third-order valence-corrected chi connectivity index (χ3v) is 6.12. The molecule has 0 aliphatic heterocycles. The Labute approximate surface area is 137 Å². The second-order valence-corrected chi connectivity index (χ2v) is 7.82. The molecule has 1 aromatic carbocycles. The van der Waals surface area contributed by atoms with Crippen LogP contribution in [0, 0.1) is 6.92 Å². The van der Waals surface area contributed by atoms with E-state index in [1.807, 2.05) is 6.92 Å². The van der Waals surface area contributed by atoms with Crippen molar-refractivity contribution in [2.75, 3.05) is 13.7 Å². The number of benzene rings is 1. The average Bonchev–Trinajstić information content (AvgIpc) is 2.53. The molecule has 0 bridgehead atoms. The molecule has 1 aliphatic carbocycles. The van der Waals surface area contributed by atoms with Crippen LogP contribution in [-0.2, 0) is 14.8 Å². The molecule has 0 saturated heterocycles. The van der Waals surface area contributed by atoms with E-state index in [1.54, 1.807) is 18.2 Å². The smallest absolute Gasteiger partial charge is 0.247 e. The van der Waals surface area contributed by atoms with Crippen molar-refractivity contribution in [2.45, 2.75) is 50.0 Å². The van der Waals surface area contributed by atoms with Crippen LogP contribution in [0.5, 0.6) is 5.75 Å². The van der Waals surface area contributed by atoms with Gasteiger partial charge >= 0.3 is 0 Å². The van der Waals surface area contributed by atoms with Crippen LogP contribution in [0.25, 0.3) is 0 Å². The Kier molecular flexibility index (Phi) is 5.64. The number of carbonyl (C=O) groups excluding carboxylic acids is 1. The fourth-order valence-electron chi connectivity index (χ4n) is 3.04. The molecular formula is C16H24N2O4S. The summed E-state index contributed by atoms with van der Waals surface area (Å²) < 4.78 is 32.7. The SMILES string of the molecule is COc1ccc(C)cc1S(=O)(=O)N(CC(N)=O)C1CCCCC1. The molecule has 0 unspecified atom stereocenters. The summed E-state index contributed by atoms with van der Waals surface area (Å²) in [6.45, 7) is 1.52. The van der Waals surface area contributed by atoms with Gasteiger partial charge in [-0.25, -0.2) is 8.42 Å². The van der Waals surface area contributed by atoms with Gasteiger partial charge in [0, 0.05) is 6.04 Å². The third-order valence-electron chi connectivity index (χ3n) is 4.20. The molecule has 0 aromatic heterocycles. The van der Waals surface area contributed by atoms with E-state index in [1.165, 1.54) is 11.4 Å². The topological polar surface area (TPSA) is 89.7 Å². The number of sulfonamides is 1. The van der Waals surface area contributed by atoms with E-state index in [4.69, 9.17) is 10.5 Å². The number of primary amides is 1. The molecule has 1 fully saturated rings. The summed E-state index contributed by atoms with van der Waals surface area (Å²) in [5, 5.41) is 0. The highest BCUT2D eigenvalue weighted by Crippen LogP contribution is 2.32. The monoisotopic (exact) mass is 340 g/mol. The number of carbonyl (C=O) groups is 1. The summed E-state index contributed by atoms with van der Waals surface area (Å²) in [6.07, 6.45) is 4.51. The average molecular weight is 340 g/mol. The molecule has 2 rings (SSSR count). The fraction of sp³-hybridized carbons (Fsp3) is 0.562. The highest BCUT2D eigenvalue weighted by atomic mass is 32.2. The van der Waals surface area contributed by atoms with Gasteiger partial charge in [-0.1, -0.05) is 25.3 Å². The van der Waals surface area contributed by atoms with Gasteiger partial charge < -0.3 is 10.5 Å². The Morgan fingerprint density at radius 1 is 1.30 bits per heavy atom. The molecule has 2 N–H and O–H groups in total. The highest BCUT2D eigenvalue weighted by Gasteiger charge is 2.35. The molecule has 1 amide bonds. The number of rotatable bonds is 6. The molecule has 0 heterocycles. The first-order valence-electron chi connectivity index (χ1n) is 7.81. The number of hydrogen-bond acceptors (Lipinski definition) is 4. The molecule has 0 atom stereocenters. The molecule has 1 saturated carbocycles. The number of hydrogen-bond donors (Lipinski definition) is 1. The molecule has 0 spiro atoms. The first kappa shape index (κ1) is 17.7. The molecule has 7 heteroatoms. The Balaban J connectivity index is 2.46. The van der Waals surface area contributed by atoms with Crippen molar-refractivity contribution in [1.82, 2.24) is 4.31 Å². The van der Waals surface area contributed by atoms with Gasteiger partial charge in [-0.3, -0.25) is 4.79 Å². The zero-order valence-corrected chi connectivity index (χ0v) is 14.4. The second kappa shape index (κ2) is 7.31. The first-order valence-corrected chi connectivity index (χ1v) is 9.25. The minimum Gasteiger partial charge on any atom is -0.495 e. The van der Waals surface area contributed by atoms with Crippen LogP contribution >= 0.6 is 0 Å². The maximum atomic E-state index is 13.1. The Morgan fingerprint density at radius 2 is 1.96 bits per heavy atom. The van der Waals surface area contributed by atoms with Crippen LogP contribution < -0.4 is 10.5 Å². The minimum absolute atomic E-state index is 0.0897. The second-order valence-electron chi connectivity index (χ2n) is 5.96. The maximum Gasteiger partial charge on any atom is 0.247 e. The normalized spacial score (nSPS) is 16.5. The Hall–Kier alpha value is -1.60. The Bertz CT molecular complexity index is 667. The van der Waals surface area contributed by atoms with Crippen molar-refractivity contribution in [3.63, 3.8) is 0 Å².